The molecular weight excluding hydrogens is 240 g/mol. The van der Waals surface area contributed by atoms with Gasteiger partial charge < -0.3 is 10.6 Å². The Morgan fingerprint density at radius 2 is 2.35 bits per heavy atom. The molecule has 1 amide bonds. The number of hydrogen-bond donors (Lipinski definition) is 1. The molecule has 0 spiro atoms. The molecule has 1 unspecified atom stereocenters. The first-order valence-corrected chi connectivity index (χ1v) is 6.20. The highest BCUT2D eigenvalue weighted by Gasteiger charge is 2.29. The van der Waals surface area contributed by atoms with Crippen molar-refractivity contribution in [2.24, 2.45) is 5.73 Å². The average molecular weight is 257 g/mol. The van der Waals surface area contributed by atoms with Crippen molar-refractivity contribution < 1.29 is 4.79 Å². The summed E-state index contributed by atoms with van der Waals surface area (Å²) in [5, 5.41) is 4.67. The molecule has 2 rings (SSSR count). The summed E-state index contributed by atoms with van der Waals surface area (Å²) in [6.07, 6.45) is 0.852. The summed E-state index contributed by atoms with van der Waals surface area (Å²) < 4.78 is 1.64. The van der Waals surface area contributed by atoms with Gasteiger partial charge in [-0.25, -0.2) is 0 Å². The third-order valence-corrected chi connectivity index (χ3v) is 3.47. The van der Waals surface area contributed by atoms with Crippen LogP contribution in [0.3, 0.4) is 0 Å². The highest BCUT2D eigenvalue weighted by Crippen LogP contribution is 2.23. The third-order valence-electron chi connectivity index (χ3n) is 3.09. The number of rotatable bonds is 2. The fraction of sp³-hybridized carbons (Fsp3) is 0.636. The van der Waals surface area contributed by atoms with E-state index in [1.54, 1.807) is 16.5 Å². The highest BCUT2D eigenvalue weighted by atomic mass is 35.5. The van der Waals surface area contributed by atoms with Crippen LogP contribution < -0.4 is 5.73 Å². The van der Waals surface area contributed by atoms with Gasteiger partial charge in [0.25, 0.3) is 5.91 Å². The van der Waals surface area contributed by atoms with Crippen LogP contribution in [0.4, 0.5) is 0 Å². The van der Waals surface area contributed by atoms with Gasteiger partial charge in [-0.3, -0.25) is 9.48 Å². The topological polar surface area (TPSA) is 64.2 Å². The Labute approximate surface area is 106 Å². The Morgan fingerprint density at radius 1 is 1.65 bits per heavy atom. The standard InChI is InChI=1S/C11H17ClN4O/c1-3-16-10(12)9(7(2)14-16)11(17)15-5-4-8(13)6-15/h8H,3-6,13H2,1-2H3. The molecule has 17 heavy (non-hydrogen) atoms. The first-order valence-electron chi connectivity index (χ1n) is 5.82. The monoisotopic (exact) mass is 256 g/mol. The number of carbonyl (C=O) groups is 1. The van der Waals surface area contributed by atoms with E-state index in [0.29, 0.717) is 36.0 Å². The van der Waals surface area contributed by atoms with Crippen molar-refractivity contribution in [3.05, 3.63) is 16.4 Å². The van der Waals surface area contributed by atoms with E-state index in [-0.39, 0.29) is 11.9 Å². The van der Waals surface area contributed by atoms with E-state index >= 15 is 0 Å². The van der Waals surface area contributed by atoms with Crippen molar-refractivity contribution in [2.75, 3.05) is 13.1 Å². The Kier molecular flexibility index (Phi) is 3.40. The van der Waals surface area contributed by atoms with Gasteiger partial charge >= 0.3 is 0 Å². The van der Waals surface area contributed by atoms with Gasteiger partial charge in [0.05, 0.1) is 11.3 Å². The minimum atomic E-state index is -0.0554. The summed E-state index contributed by atoms with van der Waals surface area (Å²) in [5.74, 6) is -0.0554. The molecule has 0 radical (unpaired) electrons. The van der Waals surface area contributed by atoms with Gasteiger partial charge in [-0.15, -0.1) is 0 Å². The van der Waals surface area contributed by atoms with Gasteiger partial charge in [0.15, 0.2) is 0 Å². The van der Waals surface area contributed by atoms with Gasteiger partial charge in [0, 0.05) is 25.7 Å². The average Bonchev–Trinajstić information content (AvgIpc) is 2.83. The van der Waals surface area contributed by atoms with E-state index in [9.17, 15) is 4.79 Å². The number of likely N-dealkylation sites (tertiary alicyclic amines) is 1. The maximum atomic E-state index is 12.3. The fourth-order valence-corrected chi connectivity index (χ4v) is 2.51. The molecule has 0 aromatic carbocycles. The Morgan fingerprint density at radius 3 is 2.82 bits per heavy atom. The molecule has 94 valence electrons. The second kappa shape index (κ2) is 4.66. The molecule has 2 N–H and O–H groups in total. The van der Waals surface area contributed by atoms with E-state index in [2.05, 4.69) is 5.10 Å². The Bertz CT molecular complexity index is 443. The normalized spacial score (nSPS) is 20.0. The summed E-state index contributed by atoms with van der Waals surface area (Å²) in [4.78, 5) is 14.0. The summed E-state index contributed by atoms with van der Waals surface area (Å²) in [5.41, 5.74) is 7.00. The van der Waals surface area contributed by atoms with Gasteiger partial charge in [-0.05, 0) is 20.3 Å². The molecular formula is C11H17ClN4O. The molecule has 0 aliphatic carbocycles. The van der Waals surface area contributed by atoms with Crippen molar-refractivity contribution in [1.82, 2.24) is 14.7 Å². The molecule has 0 bridgehead atoms. The molecule has 1 aliphatic rings. The molecule has 6 heteroatoms. The zero-order chi connectivity index (χ0) is 12.6. The van der Waals surface area contributed by atoms with Gasteiger partial charge in [0.2, 0.25) is 0 Å². The lowest BCUT2D eigenvalue weighted by molar-refractivity contribution is 0.0790. The number of nitrogens with zero attached hydrogens (tertiary/aromatic N) is 3. The van der Waals surface area contributed by atoms with E-state index in [1.165, 1.54) is 0 Å². The number of hydrogen-bond acceptors (Lipinski definition) is 3. The van der Waals surface area contributed by atoms with Crippen LogP contribution in [-0.2, 0) is 6.54 Å². The lowest BCUT2D eigenvalue weighted by atomic mass is 10.2. The number of amides is 1. The fourth-order valence-electron chi connectivity index (χ4n) is 2.14. The van der Waals surface area contributed by atoms with Crippen molar-refractivity contribution in [1.29, 1.82) is 0 Å². The molecule has 1 saturated heterocycles. The second-order valence-electron chi connectivity index (χ2n) is 4.37. The predicted molar refractivity (Wildman–Crippen MR) is 66.1 cm³/mol. The number of nitrogens with two attached hydrogens (primary N) is 1. The predicted octanol–water partition coefficient (Wildman–Crippen LogP) is 1.04. The smallest absolute Gasteiger partial charge is 0.258 e. The zero-order valence-corrected chi connectivity index (χ0v) is 10.9. The number of carbonyl (C=O) groups excluding carboxylic acids is 1. The second-order valence-corrected chi connectivity index (χ2v) is 4.72. The Hall–Kier alpha value is -1.07. The lowest BCUT2D eigenvalue weighted by Crippen LogP contribution is -2.32. The summed E-state index contributed by atoms with van der Waals surface area (Å²) >= 11 is 6.16. The van der Waals surface area contributed by atoms with Crippen molar-refractivity contribution in [3.8, 4) is 0 Å². The van der Waals surface area contributed by atoms with E-state index < -0.39 is 0 Å². The molecule has 5 nitrogen and oxygen atoms in total. The highest BCUT2D eigenvalue weighted by molar-refractivity contribution is 6.33. The largest absolute Gasteiger partial charge is 0.337 e. The summed E-state index contributed by atoms with van der Waals surface area (Å²) in [7, 11) is 0. The van der Waals surface area contributed by atoms with Gasteiger partial charge in [0.1, 0.15) is 5.15 Å². The van der Waals surface area contributed by atoms with E-state index in [4.69, 9.17) is 17.3 Å². The molecule has 1 aliphatic heterocycles. The summed E-state index contributed by atoms with van der Waals surface area (Å²) in [6.45, 7) is 5.71. The number of aryl methyl sites for hydroxylation is 2. The number of aromatic nitrogens is 2. The van der Waals surface area contributed by atoms with Crippen LogP contribution in [0.2, 0.25) is 5.15 Å². The van der Waals surface area contributed by atoms with Crippen LogP contribution in [0.5, 0.6) is 0 Å². The third kappa shape index (κ3) is 2.17. The Balaban J connectivity index is 2.28. The molecule has 1 atom stereocenters. The maximum absolute atomic E-state index is 12.3. The molecule has 1 aromatic heterocycles. The van der Waals surface area contributed by atoms with Crippen LogP contribution >= 0.6 is 11.6 Å². The minimum Gasteiger partial charge on any atom is -0.337 e. The molecule has 1 fully saturated rings. The van der Waals surface area contributed by atoms with Crippen LogP contribution in [-0.4, -0.2) is 39.7 Å². The SMILES string of the molecule is CCn1nc(C)c(C(=O)N2CCC(N)C2)c1Cl. The van der Waals surface area contributed by atoms with E-state index in [0.717, 1.165) is 6.42 Å². The zero-order valence-electron chi connectivity index (χ0n) is 10.1. The van der Waals surface area contributed by atoms with Crippen LogP contribution in [0.15, 0.2) is 0 Å². The van der Waals surface area contributed by atoms with Crippen molar-refractivity contribution in [3.63, 3.8) is 0 Å². The first-order chi connectivity index (χ1) is 8.04. The van der Waals surface area contributed by atoms with Crippen LogP contribution in [0.1, 0.15) is 29.4 Å². The minimum absolute atomic E-state index is 0.0554. The van der Waals surface area contributed by atoms with Gasteiger partial charge in [-0.2, -0.15) is 5.10 Å². The molecule has 0 saturated carbocycles. The lowest BCUT2D eigenvalue weighted by Gasteiger charge is -2.15. The number of halogens is 1. The maximum Gasteiger partial charge on any atom is 0.258 e. The van der Waals surface area contributed by atoms with Crippen LogP contribution in [0, 0.1) is 6.92 Å². The molecule has 2 heterocycles. The summed E-state index contributed by atoms with van der Waals surface area (Å²) in [6, 6.07) is 0.0826. The van der Waals surface area contributed by atoms with Crippen LogP contribution in [0.25, 0.3) is 0 Å². The first kappa shape index (κ1) is 12.4. The van der Waals surface area contributed by atoms with Crippen molar-refractivity contribution >= 4 is 17.5 Å². The van der Waals surface area contributed by atoms with E-state index in [1.807, 2.05) is 6.92 Å². The van der Waals surface area contributed by atoms with Gasteiger partial charge in [-0.1, -0.05) is 11.6 Å². The van der Waals surface area contributed by atoms with Crippen molar-refractivity contribution in [2.45, 2.75) is 32.9 Å². The molecule has 1 aromatic rings. The quantitative estimate of drug-likeness (QED) is 0.860.